The average Bonchev–Trinajstić information content (AvgIpc) is 2.53. The van der Waals surface area contributed by atoms with Crippen LogP contribution in [-0.2, 0) is 5.41 Å². The molecule has 1 aliphatic rings. The van der Waals surface area contributed by atoms with Crippen LogP contribution >= 0.6 is 0 Å². The lowest BCUT2D eigenvalue weighted by Gasteiger charge is -2.32. The van der Waals surface area contributed by atoms with Gasteiger partial charge in [0.05, 0.1) is 6.61 Å². The Kier molecular flexibility index (Phi) is 3.68. The SMILES string of the molecule is CC1(C)CCOc2ccc(C#Cc3ccc(C=O)cn3)cc21. The molecule has 0 bridgehead atoms. The van der Waals surface area contributed by atoms with Gasteiger partial charge in [0.1, 0.15) is 11.4 Å². The zero-order valence-corrected chi connectivity index (χ0v) is 12.7. The van der Waals surface area contributed by atoms with Crippen molar-refractivity contribution in [2.24, 2.45) is 0 Å². The number of aldehydes is 1. The fourth-order valence-corrected chi connectivity index (χ4v) is 2.50. The van der Waals surface area contributed by atoms with E-state index in [9.17, 15) is 4.79 Å². The van der Waals surface area contributed by atoms with Gasteiger partial charge in [-0.3, -0.25) is 4.79 Å². The summed E-state index contributed by atoms with van der Waals surface area (Å²) in [6, 6.07) is 9.52. The highest BCUT2D eigenvalue weighted by Gasteiger charge is 2.28. The Morgan fingerprint density at radius 2 is 2.09 bits per heavy atom. The molecule has 0 unspecified atom stereocenters. The second kappa shape index (κ2) is 5.65. The number of aromatic nitrogens is 1. The number of carbonyl (C=O) groups is 1. The van der Waals surface area contributed by atoms with Crippen molar-refractivity contribution in [3.63, 3.8) is 0 Å². The van der Waals surface area contributed by atoms with Gasteiger partial charge in [-0.2, -0.15) is 0 Å². The van der Waals surface area contributed by atoms with E-state index in [2.05, 4.69) is 36.7 Å². The first-order chi connectivity index (χ1) is 10.6. The highest BCUT2D eigenvalue weighted by molar-refractivity contribution is 5.74. The summed E-state index contributed by atoms with van der Waals surface area (Å²) in [5, 5.41) is 0. The molecule has 0 atom stereocenters. The van der Waals surface area contributed by atoms with E-state index in [1.807, 2.05) is 12.1 Å². The Labute approximate surface area is 130 Å². The van der Waals surface area contributed by atoms with Gasteiger partial charge in [0.15, 0.2) is 6.29 Å². The summed E-state index contributed by atoms with van der Waals surface area (Å²) in [6.07, 6.45) is 3.31. The summed E-state index contributed by atoms with van der Waals surface area (Å²) in [7, 11) is 0. The minimum Gasteiger partial charge on any atom is -0.493 e. The van der Waals surface area contributed by atoms with Crippen molar-refractivity contribution in [3.05, 3.63) is 58.9 Å². The van der Waals surface area contributed by atoms with E-state index in [0.29, 0.717) is 11.3 Å². The maximum atomic E-state index is 10.6. The molecule has 0 aliphatic carbocycles. The van der Waals surface area contributed by atoms with Gasteiger partial charge in [0.25, 0.3) is 0 Å². The topological polar surface area (TPSA) is 39.2 Å². The third-order valence-corrected chi connectivity index (χ3v) is 3.95. The van der Waals surface area contributed by atoms with E-state index >= 15 is 0 Å². The van der Waals surface area contributed by atoms with Gasteiger partial charge < -0.3 is 4.74 Å². The molecule has 0 spiro atoms. The van der Waals surface area contributed by atoms with Gasteiger partial charge in [0.2, 0.25) is 0 Å². The van der Waals surface area contributed by atoms with Crippen molar-refractivity contribution in [1.82, 2.24) is 4.98 Å². The van der Waals surface area contributed by atoms with Crippen LogP contribution in [0.15, 0.2) is 36.5 Å². The van der Waals surface area contributed by atoms with Gasteiger partial charge in [-0.25, -0.2) is 4.98 Å². The van der Waals surface area contributed by atoms with Crippen molar-refractivity contribution in [2.45, 2.75) is 25.7 Å². The minimum absolute atomic E-state index is 0.106. The molecule has 1 aliphatic heterocycles. The van der Waals surface area contributed by atoms with E-state index in [4.69, 9.17) is 4.74 Å². The Bertz CT molecular complexity index is 764. The molecule has 2 heterocycles. The molecule has 3 nitrogen and oxygen atoms in total. The predicted molar refractivity (Wildman–Crippen MR) is 85.2 cm³/mol. The number of rotatable bonds is 1. The highest BCUT2D eigenvalue weighted by atomic mass is 16.5. The van der Waals surface area contributed by atoms with Crippen molar-refractivity contribution < 1.29 is 9.53 Å². The number of nitrogens with zero attached hydrogens (tertiary/aromatic N) is 1. The normalized spacial score (nSPS) is 15.0. The molecule has 22 heavy (non-hydrogen) atoms. The summed E-state index contributed by atoms with van der Waals surface area (Å²) < 4.78 is 5.71. The fraction of sp³-hybridized carbons (Fsp3) is 0.263. The summed E-state index contributed by atoms with van der Waals surface area (Å²) in [5.41, 5.74) is 3.46. The van der Waals surface area contributed by atoms with Crippen LogP contribution in [0.25, 0.3) is 0 Å². The van der Waals surface area contributed by atoms with Crippen molar-refractivity contribution in [3.8, 4) is 17.6 Å². The van der Waals surface area contributed by atoms with Crippen LogP contribution in [0, 0.1) is 11.8 Å². The second-order valence-electron chi connectivity index (χ2n) is 6.04. The molecule has 0 saturated heterocycles. The van der Waals surface area contributed by atoms with Gasteiger partial charge in [-0.15, -0.1) is 0 Å². The average molecular weight is 291 g/mol. The summed E-state index contributed by atoms with van der Waals surface area (Å²) in [4.78, 5) is 14.8. The second-order valence-corrected chi connectivity index (χ2v) is 6.04. The van der Waals surface area contributed by atoms with Crippen LogP contribution in [-0.4, -0.2) is 17.9 Å². The van der Waals surface area contributed by atoms with Crippen molar-refractivity contribution in [2.75, 3.05) is 6.61 Å². The maximum absolute atomic E-state index is 10.6. The lowest BCUT2D eigenvalue weighted by molar-refractivity contribution is 0.112. The Balaban J connectivity index is 1.90. The number of hydrogen-bond acceptors (Lipinski definition) is 3. The zero-order chi connectivity index (χ0) is 15.6. The number of fused-ring (bicyclic) bond motifs is 1. The number of benzene rings is 1. The lowest BCUT2D eigenvalue weighted by Crippen LogP contribution is -2.26. The molecule has 2 aromatic rings. The monoisotopic (exact) mass is 291 g/mol. The Morgan fingerprint density at radius 3 is 2.82 bits per heavy atom. The molecule has 0 fully saturated rings. The molecule has 110 valence electrons. The van der Waals surface area contributed by atoms with E-state index in [-0.39, 0.29) is 5.41 Å². The molecule has 0 N–H and O–H groups in total. The maximum Gasteiger partial charge on any atom is 0.151 e. The number of carbonyl (C=O) groups excluding carboxylic acids is 1. The largest absolute Gasteiger partial charge is 0.493 e. The predicted octanol–water partition coefficient (Wildman–Crippen LogP) is 3.35. The van der Waals surface area contributed by atoms with Gasteiger partial charge >= 0.3 is 0 Å². The van der Waals surface area contributed by atoms with Gasteiger partial charge in [0, 0.05) is 22.9 Å². The Morgan fingerprint density at radius 1 is 1.23 bits per heavy atom. The minimum atomic E-state index is 0.106. The van der Waals surface area contributed by atoms with Crippen molar-refractivity contribution >= 4 is 6.29 Å². The summed E-state index contributed by atoms with van der Waals surface area (Å²) in [6.45, 7) is 5.22. The first-order valence-corrected chi connectivity index (χ1v) is 7.29. The van der Waals surface area contributed by atoms with Crippen LogP contribution in [0.5, 0.6) is 5.75 Å². The number of ether oxygens (including phenoxy) is 1. The molecule has 1 aromatic carbocycles. The molecule has 0 radical (unpaired) electrons. The molecule has 3 rings (SSSR count). The molecule has 3 heteroatoms. The van der Waals surface area contributed by atoms with Crippen LogP contribution in [0.2, 0.25) is 0 Å². The number of hydrogen-bond donors (Lipinski definition) is 0. The van der Waals surface area contributed by atoms with E-state index in [0.717, 1.165) is 30.6 Å². The standard InChI is InChI=1S/C19H17NO2/c1-19(2)9-10-22-18-8-5-14(11-17(18)19)3-6-16-7-4-15(13-21)12-20-16/h4-5,7-8,11-13H,9-10H2,1-2H3. The van der Waals surface area contributed by atoms with Gasteiger partial charge in [-0.05, 0) is 48.1 Å². The van der Waals surface area contributed by atoms with E-state index < -0.39 is 0 Å². The van der Waals surface area contributed by atoms with Crippen LogP contribution < -0.4 is 4.74 Å². The third-order valence-electron chi connectivity index (χ3n) is 3.95. The van der Waals surface area contributed by atoms with Crippen LogP contribution in [0.1, 0.15) is 47.4 Å². The third kappa shape index (κ3) is 2.87. The molecule has 0 amide bonds. The molecule has 1 aromatic heterocycles. The van der Waals surface area contributed by atoms with Gasteiger partial charge in [-0.1, -0.05) is 19.8 Å². The van der Waals surface area contributed by atoms with Crippen molar-refractivity contribution in [1.29, 1.82) is 0 Å². The van der Waals surface area contributed by atoms with E-state index in [1.54, 1.807) is 12.1 Å². The quantitative estimate of drug-likeness (QED) is 0.597. The van der Waals surface area contributed by atoms with E-state index in [1.165, 1.54) is 11.8 Å². The fourth-order valence-electron chi connectivity index (χ4n) is 2.50. The van der Waals surface area contributed by atoms with Crippen LogP contribution in [0.3, 0.4) is 0 Å². The Hall–Kier alpha value is -2.60. The smallest absolute Gasteiger partial charge is 0.151 e. The lowest BCUT2D eigenvalue weighted by atomic mass is 9.79. The molecular formula is C19H17NO2. The highest BCUT2D eigenvalue weighted by Crippen LogP contribution is 2.38. The number of pyridine rings is 1. The summed E-state index contributed by atoms with van der Waals surface area (Å²) in [5.74, 6) is 7.11. The zero-order valence-electron chi connectivity index (χ0n) is 12.7. The first kappa shape index (κ1) is 14.3. The molecule has 0 saturated carbocycles. The molecular weight excluding hydrogens is 274 g/mol. The summed E-state index contributed by atoms with van der Waals surface area (Å²) >= 11 is 0. The van der Waals surface area contributed by atoms with Crippen LogP contribution in [0.4, 0.5) is 0 Å². The first-order valence-electron chi connectivity index (χ1n) is 7.29.